The minimum Gasteiger partial charge on any atom is -0.350 e. The van der Waals surface area contributed by atoms with Gasteiger partial charge in [-0.15, -0.1) is 0 Å². The molecule has 0 spiro atoms. The SMILES string of the molecule is c1ccc(N(OC2CCCO2)c2ccccc2)cc1. The Morgan fingerprint density at radius 3 is 1.95 bits per heavy atom. The molecule has 2 aromatic rings. The van der Waals surface area contributed by atoms with E-state index < -0.39 is 0 Å². The summed E-state index contributed by atoms with van der Waals surface area (Å²) in [6.45, 7) is 0.780. The number of rotatable bonds is 4. The smallest absolute Gasteiger partial charge is 0.184 e. The maximum atomic E-state index is 5.99. The molecular formula is C16H17NO2. The van der Waals surface area contributed by atoms with E-state index in [9.17, 15) is 0 Å². The van der Waals surface area contributed by atoms with Crippen LogP contribution in [0.2, 0.25) is 0 Å². The topological polar surface area (TPSA) is 21.7 Å². The van der Waals surface area contributed by atoms with Crippen LogP contribution in [0.5, 0.6) is 0 Å². The lowest BCUT2D eigenvalue weighted by atomic mass is 10.2. The zero-order valence-electron chi connectivity index (χ0n) is 10.7. The Labute approximate surface area is 113 Å². The van der Waals surface area contributed by atoms with Gasteiger partial charge in [-0.2, -0.15) is 0 Å². The molecule has 1 aliphatic heterocycles. The second-order valence-electron chi connectivity index (χ2n) is 4.51. The minimum absolute atomic E-state index is 0.152. The van der Waals surface area contributed by atoms with Gasteiger partial charge in [0.25, 0.3) is 0 Å². The first-order chi connectivity index (χ1) is 9.43. The van der Waals surface area contributed by atoms with Crippen molar-refractivity contribution in [1.82, 2.24) is 0 Å². The van der Waals surface area contributed by atoms with Crippen molar-refractivity contribution in [2.45, 2.75) is 19.1 Å². The van der Waals surface area contributed by atoms with Crippen molar-refractivity contribution < 1.29 is 9.57 Å². The van der Waals surface area contributed by atoms with Crippen molar-refractivity contribution in [1.29, 1.82) is 0 Å². The van der Waals surface area contributed by atoms with Crippen LogP contribution in [0.25, 0.3) is 0 Å². The molecule has 19 heavy (non-hydrogen) atoms. The first-order valence-corrected chi connectivity index (χ1v) is 6.62. The number of para-hydroxylation sites is 2. The summed E-state index contributed by atoms with van der Waals surface area (Å²) in [5, 5.41) is 1.84. The summed E-state index contributed by atoms with van der Waals surface area (Å²) in [5.74, 6) is 0. The minimum atomic E-state index is -0.152. The second-order valence-corrected chi connectivity index (χ2v) is 4.51. The zero-order chi connectivity index (χ0) is 12.9. The van der Waals surface area contributed by atoms with Gasteiger partial charge in [-0.3, -0.25) is 0 Å². The largest absolute Gasteiger partial charge is 0.350 e. The molecule has 1 unspecified atom stereocenters. The van der Waals surface area contributed by atoms with Gasteiger partial charge < -0.3 is 4.74 Å². The van der Waals surface area contributed by atoms with E-state index in [2.05, 4.69) is 0 Å². The summed E-state index contributed by atoms with van der Waals surface area (Å²) in [7, 11) is 0. The lowest BCUT2D eigenvalue weighted by Crippen LogP contribution is -2.25. The van der Waals surface area contributed by atoms with E-state index in [1.54, 1.807) is 0 Å². The number of anilines is 2. The molecule has 0 saturated carbocycles. The van der Waals surface area contributed by atoms with Gasteiger partial charge in [-0.25, -0.2) is 9.90 Å². The average molecular weight is 255 g/mol. The van der Waals surface area contributed by atoms with Crippen molar-refractivity contribution in [2.24, 2.45) is 0 Å². The molecule has 98 valence electrons. The van der Waals surface area contributed by atoms with Crippen LogP contribution in [0.1, 0.15) is 12.8 Å². The maximum Gasteiger partial charge on any atom is 0.184 e. The number of hydrogen-bond donors (Lipinski definition) is 0. The first-order valence-electron chi connectivity index (χ1n) is 6.62. The standard InChI is InChI=1S/C16H17NO2/c1-3-8-14(9-4-1)17(15-10-5-2-6-11-15)19-16-12-7-13-18-16/h1-6,8-11,16H,7,12-13H2. The number of ether oxygens (including phenoxy) is 1. The molecule has 3 rings (SSSR count). The summed E-state index contributed by atoms with van der Waals surface area (Å²) in [5.41, 5.74) is 2.01. The fraction of sp³-hybridized carbons (Fsp3) is 0.250. The van der Waals surface area contributed by atoms with E-state index in [0.717, 1.165) is 30.8 Å². The lowest BCUT2D eigenvalue weighted by molar-refractivity contribution is -0.111. The van der Waals surface area contributed by atoms with Crippen LogP contribution in [0.15, 0.2) is 60.7 Å². The van der Waals surface area contributed by atoms with Gasteiger partial charge in [0.2, 0.25) is 0 Å². The molecule has 0 N–H and O–H groups in total. The Morgan fingerprint density at radius 2 is 1.47 bits per heavy atom. The summed E-state index contributed by atoms with van der Waals surface area (Å²) in [4.78, 5) is 5.99. The van der Waals surface area contributed by atoms with Crippen LogP contribution in [-0.2, 0) is 9.57 Å². The summed E-state index contributed by atoms with van der Waals surface area (Å²) >= 11 is 0. The van der Waals surface area contributed by atoms with Gasteiger partial charge in [0.1, 0.15) is 0 Å². The molecule has 1 atom stereocenters. The third-order valence-electron chi connectivity index (χ3n) is 3.09. The zero-order valence-corrected chi connectivity index (χ0v) is 10.7. The van der Waals surface area contributed by atoms with E-state index >= 15 is 0 Å². The first kappa shape index (κ1) is 12.2. The third kappa shape index (κ3) is 2.95. The summed E-state index contributed by atoms with van der Waals surface area (Å²) < 4.78 is 5.56. The average Bonchev–Trinajstić information content (AvgIpc) is 3.00. The highest BCUT2D eigenvalue weighted by Crippen LogP contribution is 2.28. The quantitative estimate of drug-likeness (QED) is 0.773. The Balaban J connectivity index is 1.87. The van der Waals surface area contributed by atoms with Crippen molar-refractivity contribution in [3.63, 3.8) is 0 Å². The Morgan fingerprint density at radius 1 is 0.895 bits per heavy atom. The summed E-state index contributed by atoms with van der Waals surface area (Å²) in [6.07, 6.45) is 1.85. The molecule has 0 aliphatic carbocycles. The molecule has 3 heteroatoms. The van der Waals surface area contributed by atoms with Gasteiger partial charge in [-0.05, 0) is 30.7 Å². The Bertz CT molecular complexity index is 455. The van der Waals surface area contributed by atoms with E-state index in [0.29, 0.717) is 0 Å². The maximum absolute atomic E-state index is 5.99. The number of benzene rings is 2. The van der Waals surface area contributed by atoms with Crippen LogP contribution in [0, 0.1) is 0 Å². The van der Waals surface area contributed by atoms with E-state index in [1.165, 1.54) is 0 Å². The van der Waals surface area contributed by atoms with Crippen LogP contribution >= 0.6 is 0 Å². The van der Waals surface area contributed by atoms with Gasteiger partial charge in [0.05, 0.1) is 18.0 Å². The van der Waals surface area contributed by atoms with E-state index in [1.807, 2.05) is 65.7 Å². The Kier molecular flexibility index (Phi) is 3.77. The highest BCUT2D eigenvalue weighted by molar-refractivity contribution is 5.59. The van der Waals surface area contributed by atoms with Gasteiger partial charge in [0, 0.05) is 6.42 Å². The number of hydrogen-bond acceptors (Lipinski definition) is 3. The van der Waals surface area contributed by atoms with Gasteiger partial charge in [0.15, 0.2) is 6.29 Å². The van der Waals surface area contributed by atoms with Crippen molar-refractivity contribution >= 4 is 11.4 Å². The molecule has 1 heterocycles. The van der Waals surface area contributed by atoms with Gasteiger partial charge >= 0.3 is 0 Å². The van der Waals surface area contributed by atoms with Crippen LogP contribution in [0.4, 0.5) is 11.4 Å². The molecule has 0 radical (unpaired) electrons. The van der Waals surface area contributed by atoms with Crippen molar-refractivity contribution in [2.75, 3.05) is 11.7 Å². The predicted molar refractivity (Wildman–Crippen MR) is 75.1 cm³/mol. The number of nitrogens with zero attached hydrogens (tertiary/aromatic N) is 1. The molecule has 0 aromatic heterocycles. The monoisotopic (exact) mass is 255 g/mol. The fourth-order valence-corrected chi connectivity index (χ4v) is 2.15. The van der Waals surface area contributed by atoms with Crippen molar-refractivity contribution in [3.8, 4) is 0 Å². The second kappa shape index (κ2) is 5.87. The van der Waals surface area contributed by atoms with E-state index in [4.69, 9.17) is 9.57 Å². The highest BCUT2D eigenvalue weighted by atomic mass is 16.8. The molecule has 3 nitrogen and oxygen atoms in total. The van der Waals surface area contributed by atoms with Crippen LogP contribution in [-0.4, -0.2) is 12.9 Å². The van der Waals surface area contributed by atoms with Crippen LogP contribution < -0.4 is 5.06 Å². The molecule has 1 saturated heterocycles. The van der Waals surface area contributed by atoms with Crippen LogP contribution in [0.3, 0.4) is 0 Å². The lowest BCUT2D eigenvalue weighted by Gasteiger charge is -2.26. The van der Waals surface area contributed by atoms with Gasteiger partial charge in [-0.1, -0.05) is 36.4 Å². The molecule has 1 aliphatic rings. The normalized spacial score (nSPS) is 18.4. The highest BCUT2D eigenvalue weighted by Gasteiger charge is 2.21. The molecule has 0 amide bonds. The molecule has 2 aromatic carbocycles. The molecular weight excluding hydrogens is 238 g/mol. The summed E-state index contributed by atoms with van der Waals surface area (Å²) in [6, 6.07) is 20.1. The molecule has 1 fully saturated rings. The fourth-order valence-electron chi connectivity index (χ4n) is 2.15. The predicted octanol–water partition coefficient (Wildman–Crippen LogP) is 3.89. The molecule has 0 bridgehead atoms. The van der Waals surface area contributed by atoms with E-state index in [-0.39, 0.29) is 6.29 Å². The Hall–Kier alpha value is -1.84. The third-order valence-corrected chi connectivity index (χ3v) is 3.09. The van der Waals surface area contributed by atoms with Crippen molar-refractivity contribution in [3.05, 3.63) is 60.7 Å².